The van der Waals surface area contributed by atoms with E-state index < -0.39 is 5.82 Å². The Labute approximate surface area is 138 Å². The van der Waals surface area contributed by atoms with E-state index in [0.717, 1.165) is 0 Å². The van der Waals surface area contributed by atoms with Crippen molar-refractivity contribution < 1.29 is 18.5 Å². The van der Waals surface area contributed by atoms with Gasteiger partial charge in [-0.25, -0.2) is 9.18 Å². The third-order valence-electron chi connectivity index (χ3n) is 3.82. The number of nitrogens with one attached hydrogen (secondary N) is 1. The minimum Gasteiger partial charge on any atom is -0.360 e. The number of carbonyl (C=O) groups excluding carboxylic acids is 2. The van der Waals surface area contributed by atoms with Crippen molar-refractivity contribution in [2.75, 3.05) is 31.5 Å². The number of nitrogens with zero attached hydrogens (tertiary/aromatic N) is 3. The van der Waals surface area contributed by atoms with E-state index in [-0.39, 0.29) is 17.5 Å². The maximum absolute atomic E-state index is 13.7. The third kappa shape index (κ3) is 3.37. The molecule has 1 aliphatic heterocycles. The van der Waals surface area contributed by atoms with Crippen LogP contribution < -0.4 is 5.32 Å². The van der Waals surface area contributed by atoms with Crippen LogP contribution in [0, 0.1) is 12.7 Å². The molecule has 0 radical (unpaired) electrons. The fourth-order valence-electron chi connectivity index (χ4n) is 2.53. The zero-order valence-electron chi connectivity index (χ0n) is 13.2. The van der Waals surface area contributed by atoms with Gasteiger partial charge < -0.3 is 14.3 Å². The molecule has 8 heteroatoms. The van der Waals surface area contributed by atoms with Gasteiger partial charge in [0, 0.05) is 32.2 Å². The fraction of sp³-hybridized carbons (Fsp3) is 0.312. The summed E-state index contributed by atoms with van der Waals surface area (Å²) in [6.45, 7) is 3.15. The van der Waals surface area contributed by atoms with Crippen LogP contribution in [-0.2, 0) is 0 Å². The highest BCUT2D eigenvalue weighted by Gasteiger charge is 2.26. The highest BCUT2D eigenvalue weighted by Crippen LogP contribution is 2.13. The van der Waals surface area contributed by atoms with Crippen LogP contribution in [0.5, 0.6) is 0 Å². The largest absolute Gasteiger partial charge is 0.360 e. The number of rotatable bonds is 2. The van der Waals surface area contributed by atoms with Gasteiger partial charge in [-0.3, -0.25) is 10.1 Å². The van der Waals surface area contributed by atoms with E-state index in [2.05, 4.69) is 10.5 Å². The molecule has 2 heterocycles. The standard InChI is InChI=1S/C16H17FN4O3/c1-11-10-14(19-24-11)18-16(23)21-8-6-20(7-9-21)15(22)12-4-2-3-5-13(12)17/h2-5,10H,6-9H2,1H3,(H,18,19,23). The quantitative estimate of drug-likeness (QED) is 0.913. The molecule has 0 unspecified atom stereocenters. The van der Waals surface area contributed by atoms with Crippen molar-refractivity contribution in [1.29, 1.82) is 0 Å². The van der Waals surface area contributed by atoms with Crippen molar-refractivity contribution in [2.45, 2.75) is 6.92 Å². The highest BCUT2D eigenvalue weighted by molar-refractivity contribution is 5.95. The summed E-state index contributed by atoms with van der Waals surface area (Å²) in [5, 5.41) is 6.34. The zero-order valence-corrected chi connectivity index (χ0v) is 13.2. The van der Waals surface area contributed by atoms with Crippen LogP contribution in [0.3, 0.4) is 0 Å². The molecule has 7 nitrogen and oxygen atoms in total. The Morgan fingerprint density at radius 2 is 1.83 bits per heavy atom. The monoisotopic (exact) mass is 332 g/mol. The summed E-state index contributed by atoms with van der Waals surface area (Å²) in [5.41, 5.74) is 0.0495. The first-order valence-corrected chi connectivity index (χ1v) is 7.57. The van der Waals surface area contributed by atoms with E-state index >= 15 is 0 Å². The Balaban J connectivity index is 1.56. The fourth-order valence-corrected chi connectivity index (χ4v) is 2.53. The number of urea groups is 1. The van der Waals surface area contributed by atoms with Crippen molar-refractivity contribution in [2.24, 2.45) is 0 Å². The van der Waals surface area contributed by atoms with Crippen LogP contribution in [0.2, 0.25) is 0 Å². The molecule has 3 amide bonds. The Kier molecular flexibility index (Phi) is 4.45. The van der Waals surface area contributed by atoms with Gasteiger partial charge in [-0.05, 0) is 19.1 Å². The lowest BCUT2D eigenvalue weighted by atomic mass is 10.1. The molecule has 2 aromatic rings. The number of benzene rings is 1. The second-order valence-corrected chi connectivity index (χ2v) is 5.51. The lowest BCUT2D eigenvalue weighted by molar-refractivity contribution is 0.0667. The van der Waals surface area contributed by atoms with Crippen LogP contribution in [0.25, 0.3) is 0 Å². The van der Waals surface area contributed by atoms with Crippen molar-refractivity contribution >= 4 is 17.8 Å². The predicted octanol–water partition coefficient (Wildman–Crippen LogP) is 2.11. The molecule has 1 N–H and O–H groups in total. The molecule has 1 aromatic heterocycles. The molecule has 3 rings (SSSR count). The molecule has 1 fully saturated rings. The van der Waals surface area contributed by atoms with E-state index in [1.165, 1.54) is 12.1 Å². The Bertz CT molecular complexity index is 753. The topological polar surface area (TPSA) is 78.7 Å². The predicted molar refractivity (Wildman–Crippen MR) is 84.1 cm³/mol. The average molecular weight is 332 g/mol. The van der Waals surface area contributed by atoms with E-state index in [9.17, 15) is 14.0 Å². The Hall–Kier alpha value is -2.90. The highest BCUT2D eigenvalue weighted by atomic mass is 19.1. The summed E-state index contributed by atoms with van der Waals surface area (Å²) in [6.07, 6.45) is 0. The van der Waals surface area contributed by atoms with Crippen LogP contribution in [0.15, 0.2) is 34.9 Å². The van der Waals surface area contributed by atoms with Gasteiger partial charge in [0.25, 0.3) is 5.91 Å². The van der Waals surface area contributed by atoms with Crippen molar-refractivity contribution in [3.8, 4) is 0 Å². The molecular weight excluding hydrogens is 315 g/mol. The minimum absolute atomic E-state index is 0.0495. The van der Waals surface area contributed by atoms with Crippen LogP contribution in [0.1, 0.15) is 16.1 Å². The van der Waals surface area contributed by atoms with Crippen molar-refractivity contribution in [1.82, 2.24) is 15.0 Å². The summed E-state index contributed by atoms with van der Waals surface area (Å²) in [5.74, 6) is 0.0531. The first-order chi connectivity index (χ1) is 11.5. The number of aryl methyl sites for hydroxylation is 1. The molecule has 0 saturated carbocycles. The van der Waals surface area contributed by atoms with Gasteiger partial charge in [-0.1, -0.05) is 17.3 Å². The lowest BCUT2D eigenvalue weighted by Gasteiger charge is -2.34. The first kappa shape index (κ1) is 16.0. The number of aromatic nitrogens is 1. The summed E-state index contributed by atoms with van der Waals surface area (Å²) in [4.78, 5) is 27.6. The number of hydrogen-bond donors (Lipinski definition) is 1. The van der Waals surface area contributed by atoms with Gasteiger partial charge in [-0.2, -0.15) is 0 Å². The second-order valence-electron chi connectivity index (χ2n) is 5.51. The van der Waals surface area contributed by atoms with Gasteiger partial charge in [0.15, 0.2) is 5.82 Å². The average Bonchev–Trinajstić information content (AvgIpc) is 2.99. The second kappa shape index (κ2) is 6.69. The molecule has 0 spiro atoms. The molecule has 0 aliphatic carbocycles. The van der Waals surface area contributed by atoms with Gasteiger partial charge in [0.2, 0.25) is 0 Å². The maximum atomic E-state index is 13.7. The molecule has 1 saturated heterocycles. The van der Waals surface area contributed by atoms with Gasteiger partial charge in [-0.15, -0.1) is 0 Å². The van der Waals surface area contributed by atoms with E-state index in [1.807, 2.05) is 0 Å². The van der Waals surface area contributed by atoms with Crippen LogP contribution in [-0.4, -0.2) is 53.1 Å². The maximum Gasteiger partial charge on any atom is 0.323 e. The summed E-state index contributed by atoms with van der Waals surface area (Å²) < 4.78 is 18.6. The number of hydrogen-bond acceptors (Lipinski definition) is 4. The van der Waals surface area contributed by atoms with E-state index in [1.54, 1.807) is 34.9 Å². The molecule has 0 bridgehead atoms. The SMILES string of the molecule is Cc1cc(NC(=O)N2CCN(C(=O)c3ccccc3F)CC2)no1. The number of anilines is 1. The number of piperazine rings is 1. The van der Waals surface area contributed by atoms with Crippen LogP contribution >= 0.6 is 0 Å². The molecule has 24 heavy (non-hydrogen) atoms. The zero-order chi connectivity index (χ0) is 17.1. The summed E-state index contributed by atoms with van der Waals surface area (Å²) in [7, 11) is 0. The molecular formula is C16H17FN4O3. The lowest BCUT2D eigenvalue weighted by Crippen LogP contribution is -2.51. The van der Waals surface area contributed by atoms with Gasteiger partial charge >= 0.3 is 6.03 Å². The minimum atomic E-state index is -0.538. The van der Waals surface area contributed by atoms with Gasteiger partial charge in [0.05, 0.1) is 5.56 Å². The number of carbonyl (C=O) groups is 2. The molecule has 0 atom stereocenters. The third-order valence-corrected chi connectivity index (χ3v) is 3.82. The molecule has 1 aliphatic rings. The molecule has 1 aromatic carbocycles. The van der Waals surface area contributed by atoms with E-state index in [0.29, 0.717) is 37.8 Å². The summed E-state index contributed by atoms with van der Waals surface area (Å²) >= 11 is 0. The normalized spacial score (nSPS) is 14.6. The number of halogens is 1. The Morgan fingerprint density at radius 1 is 1.17 bits per heavy atom. The smallest absolute Gasteiger partial charge is 0.323 e. The van der Waals surface area contributed by atoms with Gasteiger partial charge in [0.1, 0.15) is 11.6 Å². The number of amides is 3. The van der Waals surface area contributed by atoms with Crippen molar-refractivity contribution in [3.05, 3.63) is 47.5 Å². The summed E-state index contributed by atoms with van der Waals surface area (Å²) in [6, 6.07) is 7.21. The van der Waals surface area contributed by atoms with Crippen LogP contribution in [0.4, 0.5) is 15.0 Å². The Morgan fingerprint density at radius 3 is 2.46 bits per heavy atom. The van der Waals surface area contributed by atoms with Crippen molar-refractivity contribution in [3.63, 3.8) is 0 Å². The van der Waals surface area contributed by atoms with E-state index in [4.69, 9.17) is 4.52 Å². The molecule has 126 valence electrons. The first-order valence-electron chi connectivity index (χ1n) is 7.57.